The Balaban J connectivity index is -0.000000464. The van der Waals surface area contributed by atoms with Crippen LogP contribution in [-0.2, 0) is 0 Å². The zero-order chi connectivity index (χ0) is 11.5. The molecule has 92 valence electrons. The Bertz CT molecular complexity index is 213. The van der Waals surface area contributed by atoms with Crippen molar-refractivity contribution >= 4 is 0 Å². The van der Waals surface area contributed by atoms with Gasteiger partial charge in [-0.15, -0.1) is 0 Å². The first-order valence-electron chi connectivity index (χ1n) is 6.04. The molecule has 2 nitrogen and oxygen atoms in total. The van der Waals surface area contributed by atoms with Crippen LogP contribution in [0, 0.1) is 0 Å². The summed E-state index contributed by atoms with van der Waals surface area (Å²) in [6.07, 6.45) is 7.04. The summed E-state index contributed by atoms with van der Waals surface area (Å²) >= 11 is 0. The van der Waals surface area contributed by atoms with Gasteiger partial charge >= 0.3 is 0 Å². The van der Waals surface area contributed by atoms with Gasteiger partial charge in [-0.3, -0.25) is 0 Å². The SMILES string of the molecule is CC.CNCCNCC1=CC(C)=CCC1.[HH].[HH]. The predicted molar refractivity (Wildman–Crippen MR) is 73.4 cm³/mol. The monoisotopic (exact) mass is 214 g/mol. The average molecular weight is 214 g/mol. The quantitative estimate of drug-likeness (QED) is 0.688. The molecule has 0 saturated heterocycles. The Hall–Kier alpha value is -0.600. The molecule has 0 atom stereocenters. The van der Waals surface area contributed by atoms with Crippen molar-refractivity contribution in [1.82, 2.24) is 10.6 Å². The maximum Gasteiger partial charge on any atom is 0.0168 e. The van der Waals surface area contributed by atoms with Crippen LogP contribution in [0.1, 0.15) is 36.5 Å². The summed E-state index contributed by atoms with van der Waals surface area (Å²) < 4.78 is 0. The van der Waals surface area contributed by atoms with Gasteiger partial charge in [0.15, 0.2) is 0 Å². The number of rotatable bonds is 5. The molecule has 1 aliphatic rings. The van der Waals surface area contributed by atoms with Crippen molar-refractivity contribution in [2.75, 3.05) is 26.7 Å². The van der Waals surface area contributed by atoms with Crippen molar-refractivity contribution in [1.29, 1.82) is 0 Å². The van der Waals surface area contributed by atoms with Crippen LogP contribution in [0.2, 0.25) is 0 Å². The molecule has 2 heteroatoms. The predicted octanol–water partition coefficient (Wildman–Crippen LogP) is 2.98. The van der Waals surface area contributed by atoms with Crippen LogP contribution in [0.25, 0.3) is 0 Å². The summed E-state index contributed by atoms with van der Waals surface area (Å²) in [4.78, 5) is 0. The fourth-order valence-corrected chi connectivity index (χ4v) is 1.54. The van der Waals surface area contributed by atoms with Gasteiger partial charge < -0.3 is 10.6 Å². The molecule has 0 heterocycles. The molecule has 0 aromatic heterocycles. The summed E-state index contributed by atoms with van der Waals surface area (Å²) in [6.45, 7) is 9.32. The van der Waals surface area contributed by atoms with Gasteiger partial charge in [0.2, 0.25) is 0 Å². The van der Waals surface area contributed by atoms with E-state index in [0.29, 0.717) is 0 Å². The van der Waals surface area contributed by atoms with E-state index < -0.39 is 0 Å². The third-order valence-electron chi connectivity index (χ3n) is 2.27. The van der Waals surface area contributed by atoms with Crippen LogP contribution in [0.5, 0.6) is 0 Å². The summed E-state index contributed by atoms with van der Waals surface area (Å²) in [7, 11) is 1.98. The lowest BCUT2D eigenvalue weighted by molar-refractivity contribution is 0.668. The molecule has 0 bridgehead atoms. The van der Waals surface area contributed by atoms with Gasteiger partial charge in [-0.2, -0.15) is 0 Å². The molecular weight excluding hydrogens is 184 g/mol. The van der Waals surface area contributed by atoms with Gasteiger partial charge in [-0.25, -0.2) is 0 Å². The maximum absolute atomic E-state index is 3.42. The highest BCUT2D eigenvalue weighted by Crippen LogP contribution is 2.15. The Morgan fingerprint density at radius 1 is 1.33 bits per heavy atom. The Morgan fingerprint density at radius 2 is 2.07 bits per heavy atom. The van der Waals surface area contributed by atoms with Crippen molar-refractivity contribution in [2.24, 2.45) is 0 Å². The molecule has 0 radical (unpaired) electrons. The lowest BCUT2D eigenvalue weighted by Gasteiger charge is -2.12. The largest absolute Gasteiger partial charge is 0.318 e. The number of hydrogen-bond acceptors (Lipinski definition) is 2. The third kappa shape index (κ3) is 7.34. The number of hydrogen-bond donors (Lipinski definition) is 2. The van der Waals surface area contributed by atoms with E-state index in [1.165, 1.54) is 24.0 Å². The molecule has 0 amide bonds. The van der Waals surface area contributed by atoms with Crippen LogP contribution in [0.15, 0.2) is 23.3 Å². The van der Waals surface area contributed by atoms with Crippen LogP contribution in [0.4, 0.5) is 0 Å². The molecule has 0 fully saturated rings. The number of allylic oxidation sites excluding steroid dienone is 3. The van der Waals surface area contributed by atoms with Gasteiger partial charge in [0, 0.05) is 22.5 Å². The minimum Gasteiger partial charge on any atom is -0.318 e. The van der Waals surface area contributed by atoms with Crippen molar-refractivity contribution < 1.29 is 2.85 Å². The standard InChI is InChI=1S/C11H20N2.C2H6.2H2/c1-10-4-3-5-11(8-10)9-13-7-6-12-2;1-2;;/h4,8,12-13H,3,5-7,9H2,1-2H3;1-2H3;2*1H. The first kappa shape index (κ1) is 14.4. The van der Waals surface area contributed by atoms with Crippen molar-refractivity contribution in [3.63, 3.8) is 0 Å². The molecule has 15 heavy (non-hydrogen) atoms. The van der Waals surface area contributed by atoms with Crippen LogP contribution in [-0.4, -0.2) is 26.7 Å². The Kier molecular flexibility index (Phi) is 9.54. The van der Waals surface area contributed by atoms with E-state index in [1.807, 2.05) is 20.9 Å². The Morgan fingerprint density at radius 3 is 2.67 bits per heavy atom. The summed E-state index contributed by atoms with van der Waals surface area (Å²) in [5, 5.41) is 6.54. The first-order valence-corrected chi connectivity index (χ1v) is 6.04. The van der Waals surface area contributed by atoms with Gasteiger partial charge in [-0.05, 0) is 26.8 Å². The summed E-state index contributed by atoms with van der Waals surface area (Å²) in [5.74, 6) is 0. The fourth-order valence-electron chi connectivity index (χ4n) is 1.54. The van der Waals surface area contributed by atoms with Crippen molar-refractivity contribution in [3.8, 4) is 0 Å². The van der Waals surface area contributed by atoms with Crippen LogP contribution < -0.4 is 10.6 Å². The molecule has 0 spiro atoms. The second-order valence-corrected chi connectivity index (χ2v) is 3.57. The number of likely N-dealkylation sites (N-methyl/N-ethyl adjacent to an activating group) is 1. The molecule has 0 aromatic carbocycles. The van der Waals surface area contributed by atoms with E-state index >= 15 is 0 Å². The molecule has 0 aliphatic heterocycles. The molecular formula is C13H30N2. The van der Waals surface area contributed by atoms with Crippen LogP contribution >= 0.6 is 0 Å². The average Bonchev–Trinajstić information content (AvgIpc) is 2.27. The number of nitrogens with one attached hydrogen (secondary N) is 2. The minimum absolute atomic E-state index is 0. The minimum atomic E-state index is 0. The van der Waals surface area contributed by atoms with Crippen molar-refractivity contribution in [3.05, 3.63) is 23.3 Å². The van der Waals surface area contributed by atoms with Gasteiger partial charge in [0.1, 0.15) is 0 Å². The smallest absolute Gasteiger partial charge is 0.0168 e. The lowest BCUT2D eigenvalue weighted by atomic mass is 10.0. The van der Waals surface area contributed by atoms with E-state index in [0.717, 1.165) is 19.6 Å². The third-order valence-corrected chi connectivity index (χ3v) is 2.27. The second kappa shape index (κ2) is 9.94. The van der Waals surface area contributed by atoms with Gasteiger partial charge in [-0.1, -0.05) is 37.1 Å². The normalized spacial score (nSPS) is 14.9. The summed E-state index contributed by atoms with van der Waals surface area (Å²) in [5.41, 5.74) is 2.95. The van der Waals surface area contributed by atoms with E-state index in [4.69, 9.17) is 0 Å². The highest BCUT2D eigenvalue weighted by Gasteiger charge is 2.01. The zero-order valence-corrected chi connectivity index (χ0v) is 10.7. The molecule has 0 aromatic rings. The molecule has 1 aliphatic carbocycles. The van der Waals surface area contributed by atoms with Gasteiger partial charge in [0.25, 0.3) is 0 Å². The molecule has 0 saturated carbocycles. The van der Waals surface area contributed by atoms with E-state index in [-0.39, 0.29) is 2.85 Å². The maximum atomic E-state index is 3.42. The lowest BCUT2D eigenvalue weighted by Crippen LogP contribution is -2.26. The first-order chi connectivity index (χ1) is 7.33. The van der Waals surface area contributed by atoms with E-state index in [9.17, 15) is 0 Å². The zero-order valence-electron chi connectivity index (χ0n) is 10.7. The molecule has 1 rings (SSSR count). The second-order valence-electron chi connectivity index (χ2n) is 3.57. The molecule has 0 unspecified atom stereocenters. The van der Waals surface area contributed by atoms with Crippen molar-refractivity contribution in [2.45, 2.75) is 33.6 Å². The summed E-state index contributed by atoms with van der Waals surface area (Å²) in [6, 6.07) is 0. The van der Waals surface area contributed by atoms with Gasteiger partial charge in [0.05, 0.1) is 0 Å². The highest BCUT2D eigenvalue weighted by atomic mass is 14.9. The molecule has 2 N–H and O–H groups in total. The fraction of sp³-hybridized carbons (Fsp3) is 0.692. The van der Waals surface area contributed by atoms with E-state index in [1.54, 1.807) is 0 Å². The topological polar surface area (TPSA) is 24.1 Å². The Labute approximate surface area is 97.8 Å². The van der Waals surface area contributed by atoms with Crippen LogP contribution in [0.3, 0.4) is 0 Å². The highest BCUT2D eigenvalue weighted by molar-refractivity contribution is 5.26. The van der Waals surface area contributed by atoms with E-state index in [2.05, 4.69) is 29.7 Å².